The molecule has 2 rings (SSSR count). The Labute approximate surface area is 180 Å². The van der Waals surface area contributed by atoms with E-state index >= 15 is 0 Å². The third-order valence-electron chi connectivity index (χ3n) is 4.57. The Bertz CT molecular complexity index is 782. The number of nitrogens with zero attached hydrogens (tertiary/aromatic N) is 3. The number of azide groups is 1. The van der Waals surface area contributed by atoms with Crippen LogP contribution in [0.3, 0.4) is 0 Å². The molecule has 1 aromatic carbocycles. The minimum atomic E-state index is -1.11. The number of carbonyl (C=O) groups excluding carboxylic acids is 2. The summed E-state index contributed by atoms with van der Waals surface area (Å²) in [6.07, 6.45) is -3.49. The number of ether oxygens (including phenoxy) is 5. The van der Waals surface area contributed by atoms with Crippen LogP contribution in [0.1, 0.15) is 26.3 Å². The van der Waals surface area contributed by atoms with Crippen LogP contribution in [0.5, 0.6) is 5.75 Å². The number of nitrogens with one attached hydrogen (secondary N) is 1. The molecule has 0 spiro atoms. The highest BCUT2D eigenvalue weighted by Crippen LogP contribution is 2.28. The zero-order valence-corrected chi connectivity index (χ0v) is 18.0. The van der Waals surface area contributed by atoms with E-state index in [4.69, 9.17) is 29.2 Å². The van der Waals surface area contributed by atoms with Crippen molar-refractivity contribution in [3.63, 3.8) is 0 Å². The summed E-state index contributed by atoms with van der Waals surface area (Å²) in [5, 5.41) is 6.27. The van der Waals surface area contributed by atoms with Crippen LogP contribution in [0.25, 0.3) is 10.4 Å². The second kappa shape index (κ2) is 12.1. The lowest BCUT2D eigenvalue weighted by Gasteiger charge is -2.44. The van der Waals surface area contributed by atoms with Gasteiger partial charge in [-0.2, -0.15) is 0 Å². The van der Waals surface area contributed by atoms with E-state index in [1.165, 1.54) is 13.8 Å². The number of esters is 1. The van der Waals surface area contributed by atoms with Crippen molar-refractivity contribution < 1.29 is 33.3 Å². The quantitative estimate of drug-likeness (QED) is 0.256. The molecule has 5 atom stereocenters. The number of rotatable bonds is 10. The standard InChI is InChI=1S/C20H28N4O7/c1-5-29-18-16(11-28-10-14-6-8-15(27-4)9-7-14)31-20(23-24-21)17(22-12(2)25)19(18)30-13(3)26/h6-9,16-20H,5,10-11H2,1-4H3,(H,22,25)/t16?,17?,18-,19+,20+/m0/s1. The van der Waals surface area contributed by atoms with Gasteiger partial charge in [-0.25, -0.2) is 0 Å². The van der Waals surface area contributed by atoms with Gasteiger partial charge in [0.05, 0.1) is 20.3 Å². The van der Waals surface area contributed by atoms with Crippen LogP contribution in [0, 0.1) is 0 Å². The van der Waals surface area contributed by atoms with E-state index in [1.54, 1.807) is 14.0 Å². The van der Waals surface area contributed by atoms with Gasteiger partial charge in [-0.05, 0) is 30.2 Å². The second-order valence-corrected chi connectivity index (χ2v) is 6.85. The number of hydrogen-bond acceptors (Lipinski definition) is 8. The van der Waals surface area contributed by atoms with Crippen LogP contribution in [-0.2, 0) is 35.1 Å². The van der Waals surface area contributed by atoms with E-state index in [2.05, 4.69) is 15.3 Å². The fourth-order valence-electron chi connectivity index (χ4n) is 3.33. The summed E-state index contributed by atoms with van der Waals surface area (Å²) in [4.78, 5) is 26.2. The molecule has 1 aromatic rings. The Morgan fingerprint density at radius 3 is 2.48 bits per heavy atom. The van der Waals surface area contributed by atoms with Gasteiger partial charge in [0.25, 0.3) is 0 Å². The number of carbonyl (C=O) groups is 2. The Balaban J connectivity index is 2.19. The third-order valence-corrected chi connectivity index (χ3v) is 4.57. The molecule has 170 valence electrons. The molecule has 1 N–H and O–H groups in total. The molecule has 1 amide bonds. The Morgan fingerprint density at radius 2 is 1.94 bits per heavy atom. The van der Waals surface area contributed by atoms with Crippen molar-refractivity contribution in [1.29, 1.82) is 0 Å². The highest BCUT2D eigenvalue weighted by atomic mass is 16.6. The summed E-state index contributed by atoms with van der Waals surface area (Å²) < 4.78 is 28.1. The van der Waals surface area contributed by atoms with Gasteiger partial charge in [0.1, 0.15) is 24.0 Å². The minimum absolute atomic E-state index is 0.0820. The van der Waals surface area contributed by atoms with Crippen LogP contribution < -0.4 is 10.1 Å². The molecule has 0 aliphatic carbocycles. The number of benzene rings is 1. The smallest absolute Gasteiger partial charge is 0.303 e. The van der Waals surface area contributed by atoms with Crippen molar-refractivity contribution in [2.75, 3.05) is 20.3 Å². The molecular formula is C20H28N4O7. The van der Waals surface area contributed by atoms with Crippen LogP contribution in [0.4, 0.5) is 0 Å². The van der Waals surface area contributed by atoms with Gasteiger partial charge in [0, 0.05) is 25.4 Å². The fraction of sp³-hybridized carbons (Fsp3) is 0.600. The lowest BCUT2D eigenvalue weighted by atomic mass is 9.95. The van der Waals surface area contributed by atoms with Gasteiger partial charge < -0.3 is 29.0 Å². The monoisotopic (exact) mass is 436 g/mol. The average Bonchev–Trinajstić information content (AvgIpc) is 2.73. The van der Waals surface area contributed by atoms with E-state index in [1.807, 2.05) is 24.3 Å². The van der Waals surface area contributed by atoms with Crippen molar-refractivity contribution in [3.8, 4) is 5.75 Å². The lowest BCUT2D eigenvalue weighted by Crippen LogP contribution is -2.65. The van der Waals surface area contributed by atoms with E-state index in [9.17, 15) is 9.59 Å². The summed E-state index contributed by atoms with van der Waals surface area (Å²) in [5.41, 5.74) is 9.87. The number of amides is 1. The minimum Gasteiger partial charge on any atom is -0.497 e. The second-order valence-electron chi connectivity index (χ2n) is 6.85. The fourth-order valence-corrected chi connectivity index (χ4v) is 3.33. The van der Waals surface area contributed by atoms with E-state index in [0.29, 0.717) is 13.2 Å². The highest BCUT2D eigenvalue weighted by molar-refractivity contribution is 5.73. The summed E-state index contributed by atoms with van der Waals surface area (Å²) in [7, 11) is 1.59. The van der Waals surface area contributed by atoms with Gasteiger partial charge in [-0.1, -0.05) is 17.2 Å². The van der Waals surface area contributed by atoms with Crippen molar-refractivity contribution in [3.05, 3.63) is 40.3 Å². The Hall–Kier alpha value is -2.85. The predicted octanol–water partition coefficient (Wildman–Crippen LogP) is 2.09. The zero-order chi connectivity index (χ0) is 22.8. The molecule has 1 saturated heterocycles. The van der Waals surface area contributed by atoms with Crippen molar-refractivity contribution in [2.45, 2.75) is 58.0 Å². The van der Waals surface area contributed by atoms with Gasteiger partial charge >= 0.3 is 5.97 Å². The molecule has 0 aromatic heterocycles. The van der Waals surface area contributed by atoms with E-state index in [-0.39, 0.29) is 6.61 Å². The van der Waals surface area contributed by atoms with Gasteiger partial charge in [0.2, 0.25) is 5.91 Å². The first-order valence-electron chi connectivity index (χ1n) is 9.85. The van der Waals surface area contributed by atoms with Crippen LogP contribution in [-0.4, -0.2) is 62.8 Å². The van der Waals surface area contributed by atoms with E-state index in [0.717, 1.165) is 11.3 Å². The molecule has 0 bridgehead atoms. The number of hydrogen-bond donors (Lipinski definition) is 1. The van der Waals surface area contributed by atoms with Crippen molar-refractivity contribution in [1.82, 2.24) is 5.32 Å². The molecule has 0 saturated carbocycles. The first-order chi connectivity index (χ1) is 14.9. The summed E-state index contributed by atoms with van der Waals surface area (Å²) >= 11 is 0. The van der Waals surface area contributed by atoms with Gasteiger partial charge in [-0.3, -0.25) is 9.59 Å². The zero-order valence-electron chi connectivity index (χ0n) is 18.0. The van der Waals surface area contributed by atoms with Crippen LogP contribution in [0.15, 0.2) is 29.4 Å². The lowest BCUT2D eigenvalue weighted by molar-refractivity contribution is -0.223. The van der Waals surface area contributed by atoms with Crippen molar-refractivity contribution >= 4 is 11.9 Å². The average molecular weight is 436 g/mol. The van der Waals surface area contributed by atoms with Gasteiger partial charge in [-0.15, -0.1) is 0 Å². The SMILES string of the molecule is CCO[C@H]1C(COCc2ccc(OC)cc2)O[C@@H](N=[N+]=[N-])C(NC(C)=O)[C@H]1OC(C)=O. The maximum atomic E-state index is 11.7. The molecule has 2 unspecified atom stereocenters. The Morgan fingerprint density at radius 1 is 1.23 bits per heavy atom. The summed E-state index contributed by atoms with van der Waals surface area (Å²) in [6.45, 7) is 5.02. The normalized spacial score (nSPS) is 25.2. The highest BCUT2D eigenvalue weighted by Gasteiger charge is 2.48. The van der Waals surface area contributed by atoms with Crippen molar-refractivity contribution in [2.24, 2.45) is 5.11 Å². The first kappa shape index (κ1) is 24.4. The predicted molar refractivity (Wildman–Crippen MR) is 109 cm³/mol. The third kappa shape index (κ3) is 7.11. The Kier molecular flexibility index (Phi) is 9.54. The maximum Gasteiger partial charge on any atom is 0.303 e. The number of methoxy groups -OCH3 is 1. The maximum absolute atomic E-state index is 11.7. The molecule has 31 heavy (non-hydrogen) atoms. The molecule has 1 fully saturated rings. The molecule has 0 radical (unpaired) electrons. The largest absolute Gasteiger partial charge is 0.497 e. The summed E-state index contributed by atoms with van der Waals surface area (Å²) in [6, 6.07) is 6.48. The van der Waals surface area contributed by atoms with Crippen LogP contribution in [0.2, 0.25) is 0 Å². The topological polar surface area (TPSA) is 141 Å². The molecular weight excluding hydrogens is 408 g/mol. The summed E-state index contributed by atoms with van der Waals surface area (Å²) in [5.74, 6) is -0.223. The first-order valence-corrected chi connectivity index (χ1v) is 9.85. The van der Waals surface area contributed by atoms with E-state index < -0.39 is 42.5 Å². The van der Waals surface area contributed by atoms with Gasteiger partial charge in [0.15, 0.2) is 12.3 Å². The molecule has 1 aliphatic heterocycles. The van der Waals surface area contributed by atoms with Crippen LogP contribution >= 0.6 is 0 Å². The molecule has 1 heterocycles. The molecule has 11 nitrogen and oxygen atoms in total. The molecule has 1 aliphatic rings. The molecule has 11 heteroatoms.